The molecule has 0 N–H and O–H groups in total. The average Bonchev–Trinajstić information content (AvgIpc) is 3.40. The van der Waals surface area contributed by atoms with Crippen LogP contribution in [-0.4, -0.2) is 39.2 Å². The van der Waals surface area contributed by atoms with E-state index in [4.69, 9.17) is 4.98 Å². The van der Waals surface area contributed by atoms with Gasteiger partial charge in [0.1, 0.15) is 4.83 Å². The highest BCUT2D eigenvalue weighted by Crippen LogP contribution is 2.37. The van der Waals surface area contributed by atoms with Gasteiger partial charge in [0.05, 0.1) is 16.8 Å². The molecule has 3 aromatic rings. The Morgan fingerprint density at radius 2 is 2.00 bits per heavy atom. The van der Waals surface area contributed by atoms with Crippen molar-refractivity contribution in [2.24, 2.45) is 5.92 Å². The molecular formula is C23H25N3O2S2. The highest BCUT2D eigenvalue weighted by Gasteiger charge is 2.26. The van der Waals surface area contributed by atoms with Crippen molar-refractivity contribution in [2.45, 2.75) is 44.2 Å². The molecular weight excluding hydrogens is 414 g/mol. The van der Waals surface area contributed by atoms with E-state index in [9.17, 15) is 9.59 Å². The molecule has 1 aliphatic heterocycles. The maximum absolute atomic E-state index is 13.7. The number of fused-ring (bicyclic) bond motifs is 3. The van der Waals surface area contributed by atoms with Gasteiger partial charge in [-0.3, -0.25) is 14.2 Å². The lowest BCUT2D eigenvalue weighted by Gasteiger charge is -2.18. The van der Waals surface area contributed by atoms with Crippen LogP contribution >= 0.6 is 23.1 Å². The summed E-state index contributed by atoms with van der Waals surface area (Å²) in [5, 5.41) is 1.39. The largest absolute Gasteiger partial charge is 0.342 e. The molecule has 1 amide bonds. The fourth-order valence-electron chi connectivity index (χ4n) is 4.46. The normalized spacial score (nSPS) is 18.7. The van der Waals surface area contributed by atoms with Crippen LogP contribution in [-0.2, 0) is 17.6 Å². The molecule has 3 heterocycles. The first-order valence-electron chi connectivity index (χ1n) is 10.6. The van der Waals surface area contributed by atoms with E-state index in [2.05, 4.69) is 6.92 Å². The Labute approximate surface area is 184 Å². The van der Waals surface area contributed by atoms with Crippen molar-refractivity contribution in [3.63, 3.8) is 0 Å². The van der Waals surface area contributed by atoms with Crippen molar-refractivity contribution in [3.05, 3.63) is 51.1 Å². The zero-order chi connectivity index (χ0) is 20.7. The van der Waals surface area contributed by atoms with Crippen molar-refractivity contribution < 1.29 is 4.79 Å². The molecule has 0 bridgehead atoms. The predicted molar refractivity (Wildman–Crippen MR) is 123 cm³/mol. The third-order valence-electron chi connectivity index (χ3n) is 6.10. The van der Waals surface area contributed by atoms with Gasteiger partial charge < -0.3 is 4.90 Å². The molecule has 0 unspecified atom stereocenters. The number of thiophene rings is 1. The van der Waals surface area contributed by atoms with Crippen LogP contribution in [0.4, 0.5) is 0 Å². The number of likely N-dealkylation sites (tertiary alicyclic amines) is 1. The number of aromatic nitrogens is 2. The van der Waals surface area contributed by atoms with Gasteiger partial charge in [0.25, 0.3) is 5.56 Å². The number of para-hydroxylation sites is 1. The van der Waals surface area contributed by atoms with Gasteiger partial charge in [-0.05, 0) is 55.7 Å². The number of rotatable bonds is 4. The molecule has 0 radical (unpaired) electrons. The van der Waals surface area contributed by atoms with E-state index in [1.807, 2.05) is 35.2 Å². The van der Waals surface area contributed by atoms with Crippen LogP contribution in [0.15, 0.2) is 40.3 Å². The molecule has 2 aliphatic rings. The van der Waals surface area contributed by atoms with Crippen molar-refractivity contribution in [2.75, 3.05) is 18.8 Å². The SMILES string of the molecule is C[C@@H]1CCc2c(sc3nc(SCC(=O)N4CCCC4)n(-c4ccccc4)c(=O)c23)C1. The molecule has 0 saturated carbocycles. The topological polar surface area (TPSA) is 55.2 Å². The Kier molecular flexibility index (Phi) is 5.41. The molecule has 1 atom stereocenters. The van der Waals surface area contributed by atoms with Crippen LogP contribution in [0.25, 0.3) is 15.9 Å². The zero-order valence-corrected chi connectivity index (χ0v) is 18.7. The Bertz CT molecular complexity index is 1150. The maximum atomic E-state index is 13.7. The lowest BCUT2D eigenvalue weighted by atomic mass is 9.89. The van der Waals surface area contributed by atoms with Gasteiger partial charge in [-0.25, -0.2) is 4.98 Å². The van der Waals surface area contributed by atoms with Crippen molar-refractivity contribution in [1.82, 2.24) is 14.5 Å². The molecule has 1 saturated heterocycles. The van der Waals surface area contributed by atoms with Crippen LogP contribution in [0, 0.1) is 5.92 Å². The van der Waals surface area contributed by atoms with Crippen LogP contribution < -0.4 is 5.56 Å². The summed E-state index contributed by atoms with van der Waals surface area (Å²) in [4.78, 5) is 35.3. The fourth-order valence-corrected chi connectivity index (χ4v) is 6.80. The maximum Gasteiger partial charge on any atom is 0.267 e. The number of aryl methyl sites for hydroxylation is 1. The molecule has 7 heteroatoms. The van der Waals surface area contributed by atoms with Crippen molar-refractivity contribution in [1.29, 1.82) is 0 Å². The van der Waals surface area contributed by atoms with Crippen molar-refractivity contribution in [3.8, 4) is 5.69 Å². The summed E-state index contributed by atoms with van der Waals surface area (Å²) in [6, 6.07) is 9.67. The number of nitrogens with zero attached hydrogens (tertiary/aromatic N) is 3. The van der Waals surface area contributed by atoms with E-state index in [0.29, 0.717) is 16.8 Å². The Hall–Kier alpha value is -2.12. The van der Waals surface area contributed by atoms with Gasteiger partial charge in [0, 0.05) is 18.0 Å². The number of thioether (sulfide) groups is 1. The highest BCUT2D eigenvalue weighted by molar-refractivity contribution is 7.99. The highest BCUT2D eigenvalue weighted by atomic mass is 32.2. The van der Waals surface area contributed by atoms with Gasteiger partial charge in [-0.15, -0.1) is 11.3 Å². The van der Waals surface area contributed by atoms with E-state index in [1.54, 1.807) is 15.9 Å². The lowest BCUT2D eigenvalue weighted by Crippen LogP contribution is -2.29. The van der Waals surface area contributed by atoms with Gasteiger partial charge >= 0.3 is 0 Å². The minimum absolute atomic E-state index is 0.00521. The predicted octanol–water partition coefficient (Wildman–Crippen LogP) is 4.29. The lowest BCUT2D eigenvalue weighted by molar-refractivity contribution is -0.127. The van der Waals surface area contributed by atoms with Crippen LogP contribution in [0.1, 0.15) is 36.6 Å². The van der Waals surface area contributed by atoms with Gasteiger partial charge in [0.15, 0.2) is 5.16 Å². The zero-order valence-electron chi connectivity index (χ0n) is 17.1. The van der Waals surface area contributed by atoms with E-state index in [-0.39, 0.29) is 11.5 Å². The van der Waals surface area contributed by atoms with E-state index < -0.39 is 0 Å². The summed E-state index contributed by atoms with van der Waals surface area (Å²) >= 11 is 3.04. The minimum Gasteiger partial charge on any atom is -0.342 e. The Balaban J connectivity index is 1.59. The summed E-state index contributed by atoms with van der Waals surface area (Å²) < 4.78 is 1.70. The number of amides is 1. The van der Waals surface area contributed by atoms with Gasteiger partial charge in [0.2, 0.25) is 5.91 Å². The molecule has 1 fully saturated rings. The second-order valence-electron chi connectivity index (χ2n) is 8.28. The second-order valence-corrected chi connectivity index (χ2v) is 10.3. The number of carbonyl (C=O) groups is 1. The first-order valence-corrected chi connectivity index (χ1v) is 12.5. The number of hydrogen-bond acceptors (Lipinski definition) is 5. The third kappa shape index (κ3) is 3.58. The standard InChI is InChI=1S/C23H25N3O2S2/c1-15-9-10-17-18(13-15)30-21-20(17)22(28)26(16-7-3-2-4-8-16)23(24-21)29-14-19(27)25-11-5-6-12-25/h2-4,7-8,15H,5-6,9-14H2,1H3/t15-/m1/s1. The van der Waals surface area contributed by atoms with Crippen LogP contribution in [0.3, 0.4) is 0 Å². The first-order chi connectivity index (χ1) is 14.6. The van der Waals surface area contributed by atoms with Crippen LogP contribution in [0.2, 0.25) is 0 Å². The molecule has 30 heavy (non-hydrogen) atoms. The summed E-state index contributed by atoms with van der Waals surface area (Å²) in [5.41, 5.74) is 1.99. The van der Waals surface area contributed by atoms with Crippen molar-refractivity contribution >= 4 is 39.2 Å². The average molecular weight is 440 g/mol. The number of benzene rings is 1. The van der Waals surface area contributed by atoms with E-state index in [0.717, 1.165) is 61.1 Å². The Morgan fingerprint density at radius 1 is 1.23 bits per heavy atom. The van der Waals surface area contributed by atoms with E-state index in [1.165, 1.54) is 22.2 Å². The molecule has 156 valence electrons. The number of hydrogen-bond donors (Lipinski definition) is 0. The summed E-state index contributed by atoms with van der Waals surface area (Å²) in [6.07, 6.45) is 5.24. The number of carbonyl (C=O) groups excluding carboxylic acids is 1. The third-order valence-corrected chi connectivity index (χ3v) is 8.17. The van der Waals surface area contributed by atoms with E-state index >= 15 is 0 Å². The Morgan fingerprint density at radius 3 is 2.77 bits per heavy atom. The second kappa shape index (κ2) is 8.19. The van der Waals surface area contributed by atoms with Gasteiger partial charge in [-0.1, -0.05) is 36.9 Å². The van der Waals surface area contributed by atoms with Gasteiger partial charge in [-0.2, -0.15) is 0 Å². The fraction of sp³-hybridized carbons (Fsp3) is 0.435. The first kappa shape index (κ1) is 19.8. The summed E-state index contributed by atoms with van der Waals surface area (Å²) in [5.74, 6) is 1.09. The van der Waals surface area contributed by atoms with Crippen LogP contribution in [0.5, 0.6) is 0 Å². The molecule has 1 aliphatic carbocycles. The molecule has 5 nitrogen and oxygen atoms in total. The molecule has 0 spiro atoms. The minimum atomic E-state index is -0.00521. The summed E-state index contributed by atoms with van der Waals surface area (Å²) in [7, 11) is 0. The molecule has 2 aromatic heterocycles. The summed E-state index contributed by atoms with van der Waals surface area (Å²) in [6.45, 7) is 3.95. The smallest absolute Gasteiger partial charge is 0.267 e. The molecule has 5 rings (SSSR count). The molecule has 1 aromatic carbocycles. The monoisotopic (exact) mass is 439 g/mol. The quantitative estimate of drug-likeness (QED) is 0.450.